The number of fused-ring (bicyclic) bond motifs is 1. The van der Waals surface area contributed by atoms with Crippen molar-refractivity contribution in [3.8, 4) is 0 Å². The number of ether oxygens (including phenoxy) is 1. The van der Waals surface area contributed by atoms with Crippen molar-refractivity contribution in [2.24, 2.45) is 29.1 Å². The highest BCUT2D eigenvalue weighted by Crippen LogP contribution is 2.59. The quantitative estimate of drug-likeness (QED) is 0.111. The first-order valence-corrected chi connectivity index (χ1v) is 24.3. The maximum atomic E-state index is 11.8. The van der Waals surface area contributed by atoms with Crippen molar-refractivity contribution in [2.45, 2.75) is 162 Å². The lowest BCUT2D eigenvalue weighted by Gasteiger charge is -2.48. The van der Waals surface area contributed by atoms with E-state index in [2.05, 4.69) is 119 Å². The van der Waals surface area contributed by atoms with Crippen LogP contribution in [-0.2, 0) is 18.4 Å². The normalized spacial score (nSPS) is 35.2. The van der Waals surface area contributed by atoms with Gasteiger partial charge >= 0.3 is 5.97 Å². The van der Waals surface area contributed by atoms with Crippen molar-refractivity contribution in [1.82, 2.24) is 0 Å². The molecule has 1 saturated heterocycles. The number of carbonyl (C=O) groups excluding carboxylic acids is 1. The Morgan fingerprint density at radius 1 is 0.957 bits per heavy atom. The first kappa shape index (κ1) is 38.3. The minimum Gasteiger partial charge on any atom is -0.454 e. The first-order chi connectivity index (χ1) is 21.5. The predicted octanol–water partition coefficient (Wildman–Crippen LogP) is 11.5. The molecule has 264 valence electrons. The fourth-order valence-corrected chi connectivity index (χ4v) is 11.0. The maximum absolute atomic E-state index is 11.8. The van der Waals surface area contributed by atoms with Crippen LogP contribution in [0.15, 0.2) is 59.8 Å². The summed E-state index contributed by atoms with van der Waals surface area (Å²) in [6, 6.07) is 0. The Balaban J connectivity index is 1.60. The lowest BCUT2D eigenvalue weighted by molar-refractivity contribution is -0.137. The molecule has 4 aliphatic rings. The molecule has 4 nitrogen and oxygen atoms in total. The molecule has 0 N–H and O–H groups in total. The number of hydrogen-bond acceptors (Lipinski definition) is 4. The van der Waals surface area contributed by atoms with Crippen LogP contribution in [0, 0.1) is 29.1 Å². The van der Waals surface area contributed by atoms with Gasteiger partial charge in [-0.2, -0.15) is 0 Å². The average Bonchev–Trinajstić information content (AvgIpc) is 3.47. The Bertz CT molecular complexity index is 1290. The van der Waals surface area contributed by atoms with Gasteiger partial charge in [-0.15, -0.1) is 0 Å². The number of cyclic esters (lactones) is 1. The summed E-state index contributed by atoms with van der Waals surface area (Å²) in [5, 5.41) is 0.275. The molecule has 0 amide bonds. The molecule has 1 unspecified atom stereocenters. The van der Waals surface area contributed by atoms with Gasteiger partial charge in [-0.3, -0.25) is 0 Å². The van der Waals surface area contributed by atoms with Crippen LogP contribution < -0.4 is 0 Å². The zero-order chi connectivity index (χ0) is 35.3. The third-order valence-electron chi connectivity index (χ3n) is 13.5. The molecule has 4 rings (SSSR count). The summed E-state index contributed by atoms with van der Waals surface area (Å²) in [7, 11) is -4.02. The highest BCUT2D eigenvalue weighted by Gasteiger charge is 2.51. The Morgan fingerprint density at radius 2 is 1.57 bits per heavy atom. The molecule has 6 heteroatoms. The van der Waals surface area contributed by atoms with E-state index >= 15 is 0 Å². The molecule has 0 aromatic rings. The molecule has 0 radical (unpaired) electrons. The number of hydrogen-bond donors (Lipinski definition) is 0. The van der Waals surface area contributed by atoms with E-state index in [1.54, 1.807) is 5.57 Å². The van der Waals surface area contributed by atoms with E-state index in [0.29, 0.717) is 29.7 Å². The minimum absolute atomic E-state index is 0.0273. The van der Waals surface area contributed by atoms with E-state index in [-0.39, 0.29) is 45.7 Å². The second-order valence-corrected chi connectivity index (χ2v) is 28.3. The van der Waals surface area contributed by atoms with Gasteiger partial charge in [-0.25, -0.2) is 4.79 Å². The summed E-state index contributed by atoms with van der Waals surface area (Å²) in [6.07, 6.45) is 17.0. The summed E-state index contributed by atoms with van der Waals surface area (Å²) < 4.78 is 19.9. The molecule has 3 aliphatic carbocycles. The molecule has 8 atom stereocenters. The van der Waals surface area contributed by atoms with Gasteiger partial charge in [0, 0.05) is 17.9 Å². The second kappa shape index (κ2) is 13.7. The van der Waals surface area contributed by atoms with E-state index in [1.807, 2.05) is 0 Å². The Morgan fingerprint density at radius 3 is 2.15 bits per heavy atom. The maximum Gasteiger partial charge on any atom is 0.334 e. The molecule has 4 fully saturated rings. The molecule has 0 bridgehead atoms. The third-order valence-corrected chi connectivity index (χ3v) is 22.5. The lowest BCUT2D eigenvalue weighted by Crippen LogP contribution is -2.53. The molecular weight excluding hydrogens is 613 g/mol. The molecule has 47 heavy (non-hydrogen) atoms. The van der Waals surface area contributed by atoms with Gasteiger partial charge in [0.05, 0.1) is 12.2 Å². The Kier molecular flexibility index (Phi) is 11.2. The van der Waals surface area contributed by atoms with E-state index in [9.17, 15) is 4.79 Å². The van der Waals surface area contributed by atoms with Gasteiger partial charge in [0.1, 0.15) is 6.10 Å². The van der Waals surface area contributed by atoms with E-state index < -0.39 is 16.6 Å². The van der Waals surface area contributed by atoms with Crippen molar-refractivity contribution in [2.75, 3.05) is 0 Å². The van der Waals surface area contributed by atoms with Crippen molar-refractivity contribution in [3.63, 3.8) is 0 Å². The molecular formula is C41H68O4Si2. The molecule has 0 aromatic heterocycles. The van der Waals surface area contributed by atoms with Gasteiger partial charge in [0.25, 0.3) is 0 Å². The smallest absolute Gasteiger partial charge is 0.334 e. The fourth-order valence-electron chi connectivity index (χ4n) is 8.26. The van der Waals surface area contributed by atoms with Gasteiger partial charge in [-0.05, 0) is 115 Å². The molecule has 0 spiro atoms. The molecule has 1 heterocycles. The summed E-state index contributed by atoms with van der Waals surface area (Å²) in [4.78, 5) is 11.8. The Hall–Kier alpha value is -1.48. The topological polar surface area (TPSA) is 44.8 Å². The number of rotatable bonds is 8. The van der Waals surface area contributed by atoms with Gasteiger partial charge in [0.2, 0.25) is 0 Å². The largest absolute Gasteiger partial charge is 0.454 e. The lowest BCUT2D eigenvalue weighted by atomic mass is 9.61. The highest BCUT2D eigenvalue weighted by atomic mass is 28.4. The summed E-state index contributed by atoms with van der Waals surface area (Å²) in [5.41, 5.74) is 4.95. The summed E-state index contributed by atoms with van der Waals surface area (Å²) >= 11 is 0. The van der Waals surface area contributed by atoms with Crippen LogP contribution in [0.4, 0.5) is 0 Å². The third kappa shape index (κ3) is 7.97. The molecule has 1 aliphatic heterocycles. The predicted molar refractivity (Wildman–Crippen MR) is 203 cm³/mol. The standard InChI is InChI=1S/C41H68O4Si2/c1-27(18-21-33-25-28(2)38(42)43-33)34-22-23-35-31(17-16-24-41(34,35)11)19-20-32-26-36(44-46(12,13)39(5,6)7)30(4)37(29(32)3)45-47(14,15)40(8,9)10/h18-21,27,30,33-37H,2-3,16-17,22-26H2,1,4-15H3/t27-,30+,33?,34-,35+,36-,37-,41-/m1/s1. The van der Waals surface area contributed by atoms with Crippen LogP contribution in [0.2, 0.25) is 36.3 Å². The van der Waals surface area contributed by atoms with Crippen molar-refractivity contribution >= 4 is 22.6 Å². The first-order valence-electron chi connectivity index (χ1n) is 18.5. The van der Waals surface area contributed by atoms with Crippen LogP contribution >= 0.6 is 0 Å². The fraction of sp³-hybridized carbons (Fsp3) is 0.732. The minimum atomic E-state index is -2.04. The SMILES string of the molecule is C=C1CC(C=C[C@@H](C)[C@H]2CC[C@H]3C(=CC=C4C[C@@H](O[Si](C)(C)C(C)(C)C)[C@H](C)[C@H](O[Si](C)(C)C(C)(C)C)C4=C)CCC[C@]23C)OC1=O. The van der Waals surface area contributed by atoms with Crippen molar-refractivity contribution in [3.05, 3.63) is 59.8 Å². The number of esters is 1. The van der Waals surface area contributed by atoms with Crippen LogP contribution in [0.25, 0.3) is 0 Å². The van der Waals surface area contributed by atoms with Crippen molar-refractivity contribution in [1.29, 1.82) is 0 Å². The van der Waals surface area contributed by atoms with Gasteiger partial charge < -0.3 is 13.6 Å². The summed E-state index contributed by atoms with van der Waals surface area (Å²) in [6.45, 7) is 39.3. The summed E-state index contributed by atoms with van der Waals surface area (Å²) in [5.74, 6) is 1.67. The van der Waals surface area contributed by atoms with Crippen molar-refractivity contribution < 1.29 is 18.4 Å². The highest BCUT2D eigenvalue weighted by molar-refractivity contribution is 6.74. The second-order valence-electron chi connectivity index (χ2n) is 18.8. The van der Waals surface area contributed by atoms with Gasteiger partial charge in [0.15, 0.2) is 16.6 Å². The molecule has 0 aromatic carbocycles. The zero-order valence-electron chi connectivity index (χ0n) is 32.3. The van der Waals surface area contributed by atoms with Gasteiger partial charge in [-0.1, -0.05) is 99.3 Å². The van der Waals surface area contributed by atoms with Crippen LogP contribution in [0.3, 0.4) is 0 Å². The Labute approximate surface area is 290 Å². The number of allylic oxidation sites excluding steroid dienone is 4. The zero-order valence-corrected chi connectivity index (χ0v) is 34.3. The van der Waals surface area contributed by atoms with E-state index in [4.69, 9.17) is 20.2 Å². The monoisotopic (exact) mass is 680 g/mol. The van der Waals surface area contributed by atoms with Crippen LogP contribution in [0.1, 0.15) is 107 Å². The van der Waals surface area contributed by atoms with Crippen LogP contribution in [-0.4, -0.2) is 40.9 Å². The van der Waals surface area contributed by atoms with E-state index in [1.165, 1.54) is 37.7 Å². The van der Waals surface area contributed by atoms with Crippen LogP contribution in [0.5, 0.6) is 0 Å². The molecule has 3 saturated carbocycles. The average molecular weight is 681 g/mol. The number of carbonyl (C=O) groups is 1. The van der Waals surface area contributed by atoms with E-state index in [0.717, 1.165) is 12.0 Å².